The monoisotopic (exact) mass is 384 g/mol. The molecule has 0 saturated carbocycles. The number of amides is 1. The van der Waals surface area contributed by atoms with Crippen molar-refractivity contribution in [1.29, 1.82) is 0 Å². The Morgan fingerprint density at radius 3 is 2.14 bits per heavy atom. The Morgan fingerprint density at radius 2 is 1.64 bits per heavy atom. The summed E-state index contributed by atoms with van der Waals surface area (Å²) in [7, 11) is 8.66. The molecular formula is C22H28N2O4. The minimum Gasteiger partial charge on any atom is -0.493 e. The van der Waals surface area contributed by atoms with Gasteiger partial charge in [0.1, 0.15) is 0 Å². The van der Waals surface area contributed by atoms with Gasteiger partial charge in [-0.25, -0.2) is 0 Å². The molecule has 150 valence electrons. The molecule has 6 heteroatoms. The Kier molecular flexibility index (Phi) is 7.89. The molecule has 0 aliphatic carbocycles. The molecular weight excluding hydrogens is 356 g/mol. The number of carbonyl (C=O) groups excluding carboxylic acids is 1. The van der Waals surface area contributed by atoms with E-state index in [4.69, 9.17) is 14.2 Å². The van der Waals surface area contributed by atoms with Crippen LogP contribution in [0, 0.1) is 0 Å². The fourth-order valence-electron chi connectivity index (χ4n) is 2.90. The Bertz CT molecular complexity index is 778. The van der Waals surface area contributed by atoms with Crippen molar-refractivity contribution in [3.8, 4) is 17.2 Å². The number of nitrogens with one attached hydrogen (secondary N) is 1. The van der Waals surface area contributed by atoms with Crippen molar-refractivity contribution in [2.75, 3.05) is 42.0 Å². The SMILES string of the molecule is COc1cc(/C=C/C(=O)NCC(c2ccccc2)N(C)C)cc(OC)c1OC. The summed E-state index contributed by atoms with van der Waals surface area (Å²) < 4.78 is 16.0. The van der Waals surface area contributed by atoms with Gasteiger partial charge in [0, 0.05) is 12.6 Å². The van der Waals surface area contributed by atoms with Gasteiger partial charge in [-0.05, 0) is 43.4 Å². The molecule has 0 spiro atoms. The van der Waals surface area contributed by atoms with Crippen LogP contribution in [0.2, 0.25) is 0 Å². The van der Waals surface area contributed by atoms with Crippen LogP contribution in [0.5, 0.6) is 17.2 Å². The van der Waals surface area contributed by atoms with Crippen LogP contribution in [0.15, 0.2) is 48.5 Å². The zero-order chi connectivity index (χ0) is 20.5. The van der Waals surface area contributed by atoms with Crippen molar-refractivity contribution in [2.45, 2.75) is 6.04 Å². The summed E-state index contributed by atoms with van der Waals surface area (Å²) in [5.74, 6) is 1.43. The second kappa shape index (κ2) is 10.4. The molecule has 6 nitrogen and oxygen atoms in total. The first-order valence-electron chi connectivity index (χ1n) is 8.97. The number of hydrogen-bond donors (Lipinski definition) is 1. The van der Waals surface area contributed by atoms with Crippen LogP contribution in [0.3, 0.4) is 0 Å². The fourth-order valence-corrected chi connectivity index (χ4v) is 2.90. The highest BCUT2D eigenvalue weighted by molar-refractivity contribution is 5.92. The molecule has 1 unspecified atom stereocenters. The van der Waals surface area contributed by atoms with E-state index in [1.165, 1.54) is 6.08 Å². The lowest BCUT2D eigenvalue weighted by Crippen LogP contribution is -2.33. The summed E-state index contributed by atoms with van der Waals surface area (Å²) in [4.78, 5) is 14.4. The molecule has 2 aromatic carbocycles. The predicted molar refractivity (Wildman–Crippen MR) is 111 cm³/mol. The average Bonchev–Trinajstić information content (AvgIpc) is 2.71. The lowest BCUT2D eigenvalue weighted by atomic mass is 10.1. The van der Waals surface area contributed by atoms with Crippen LogP contribution in [0.4, 0.5) is 0 Å². The third-order valence-corrected chi connectivity index (χ3v) is 4.39. The van der Waals surface area contributed by atoms with E-state index in [-0.39, 0.29) is 11.9 Å². The number of ether oxygens (including phenoxy) is 3. The van der Waals surface area contributed by atoms with Gasteiger partial charge in [-0.3, -0.25) is 4.79 Å². The molecule has 0 fully saturated rings. The standard InChI is InChI=1S/C22H28N2O4/c1-24(2)18(17-9-7-6-8-10-17)15-23-21(25)12-11-16-13-19(26-3)22(28-5)20(14-16)27-4/h6-14,18H,15H2,1-5H3,(H,23,25)/b12-11+. The third-order valence-electron chi connectivity index (χ3n) is 4.39. The van der Waals surface area contributed by atoms with Crippen LogP contribution >= 0.6 is 0 Å². The van der Waals surface area contributed by atoms with Crippen molar-refractivity contribution < 1.29 is 19.0 Å². The van der Waals surface area contributed by atoms with Gasteiger partial charge in [0.25, 0.3) is 0 Å². The van der Waals surface area contributed by atoms with E-state index in [9.17, 15) is 4.79 Å². The number of rotatable bonds is 9. The summed E-state index contributed by atoms with van der Waals surface area (Å²) in [6, 6.07) is 13.8. The molecule has 2 rings (SSSR count). The molecule has 0 aliphatic rings. The van der Waals surface area contributed by atoms with Gasteiger partial charge in [-0.15, -0.1) is 0 Å². The highest BCUT2D eigenvalue weighted by Gasteiger charge is 2.15. The van der Waals surface area contributed by atoms with Crippen molar-refractivity contribution in [3.05, 3.63) is 59.7 Å². The molecule has 0 aliphatic heterocycles. The Labute approximate surface area is 166 Å². The van der Waals surface area contributed by atoms with Crippen LogP contribution in [0.1, 0.15) is 17.2 Å². The van der Waals surface area contributed by atoms with Gasteiger partial charge >= 0.3 is 0 Å². The van der Waals surface area contributed by atoms with Gasteiger partial charge in [0.05, 0.1) is 27.4 Å². The van der Waals surface area contributed by atoms with Crippen LogP contribution < -0.4 is 19.5 Å². The molecule has 28 heavy (non-hydrogen) atoms. The topological polar surface area (TPSA) is 60.0 Å². The normalized spacial score (nSPS) is 12.1. The number of benzene rings is 2. The quantitative estimate of drug-likeness (QED) is 0.673. The van der Waals surface area contributed by atoms with Gasteiger partial charge in [-0.2, -0.15) is 0 Å². The van der Waals surface area contributed by atoms with E-state index >= 15 is 0 Å². The van der Waals surface area contributed by atoms with E-state index in [0.717, 1.165) is 11.1 Å². The maximum atomic E-state index is 12.3. The molecule has 0 heterocycles. The number of likely N-dealkylation sites (N-methyl/N-ethyl adjacent to an activating group) is 1. The van der Waals surface area contributed by atoms with Gasteiger partial charge in [0.2, 0.25) is 11.7 Å². The van der Waals surface area contributed by atoms with Crippen molar-refractivity contribution in [2.24, 2.45) is 0 Å². The summed E-state index contributed by atoms with van der Waals surface area (Å²) in [6.07, 6.45) is 3.21. The van der Waals surface area contributed by atoms with Crippen molar-refractivity contribution >= 4 is 12.0 Å². The van der Waals surface area contributed by atoms with Crippen LogP contribution in [0.25, 0.3) is 6.08 Å². The number of hydrogen-bond acceptors (Lipinski definition) is 5. The lowest BCUT2D eigenvalue weighted by molar-refractivity contribution is -0.116. The Balaban J connectivity index is 2.07. The highest BCUT2D eigenvalue weighted by Crippen LogP contribution is 2.38. The fraction of sp³-hybridized carbons (Fsp3) is 0.318. The molecule has 0 aromatic heterocycles. The maximum absolute atomic E-state index is 12.3. The predicted octanol–water partition coefficient (Wildman–Crippen LogP) is 3.14. The molecule has 0 radical (unpaired) electrons. The van der Waals surface area contributed by atoms with Gasteiger partial charge in [-0.1, -0.05) is 30.3 Å². The van der Waals surface area contributed by atoms with E-state index in [0.29, 0.717) is 23.8 Å². The van der Waals surface area contributed by atoms with E-state index in [2.05, 4.69) is 22.3 Å². The largest absolute Gasteiger partial charge is 0.493 e. The molecule has 0 bridgehead atoms. The smallest absolute Gasteiger partial charge is 0.244 e. The van der Waals surface area contributed by atoms with Crippen molar-refractivity contribution in [3.63, 3.8) is 0 Å². The molecule has 1 amide bonds. The van der Waals surface area contributed by atoms with Crippen LogP contribution in [-0.4, -0.2) is 52.8 Å². The zero-order valence-corrected chi connectivity index (χ0v) is 17.1. The third kappa shape index (κ3) is 5.50. The number of carbonyl (C=O) groups is 1. The molecule has 1 N–H and O–H groups in total. The summed E-state index contributed by atoms with van der Waals surface area (Å²) in [6.45, 7) is 0.509. The Morgan fingerprint density at radius 1 is 1.04 bits per heavy atom. The number of nitrogens with zero attached hydrogens (tertiary/aromatic N) is 1. The summed E-state index contributed by atoms with van der Waals surface area (Å²) >= 11 is 0. The minimum atomic E-state index is -0.170. The molecule has 0 saturated heterocycles. The first kappa shape index (κ1) is 21.3. The number of methoxy groups -OCH3 is 3. The second-order valence-electron chi connectivity index (χ2n) is 6.43. The Hall–Kier alpha value is -2.99. The lowest BCUT2D eigenvalue weighted by Gasteiger charge is -2.24. The van der Waals surface area contributed by atoms with E-state index < -0.39 is 0 Å². The van der Waals surface area contributed by atoms with Crippen molar-refractivity contribution in [1.82, 2.24) is 10.2 Å². The molecule has 2 aromatic rings. The zero-order valence-electron chi connectivity index (χ0n) is 17.1. The first-order valence-corrected chi connectivity index (χ1v) is 8.97. The molecule has 1 atom stereocenters. The van der Waals surface area contributed by atoms with Crippen LogP contribution in [-0.2, 0) is 4.79 Å². The van der Waals surface area contributed by atoms with E-state index in [1.807, 2.05) is 32.3 Å². The highest BCUT2D eigenvalue weighted by atomic mass is 16.5. The summed E-state index contributed by atoms with van der Waals surface area (Å²) in [5.41, 5.74) is 1.93. The average molecular weight is 384 g/mol. The second-order valence-corrected chi connectivity index (χ2v) is 6.43. The van der Waals surface area contributed by atoms with E-state index in [1.54, 1.807) is 39.5 Å². The van der Waals surface area contributed by atoms with Gasteiger partial charge < -0.3 is 24.4 Å². The first-order chi connectivity index (χ1) is 13.5. The minimum absolute atomic E-state index is 0.0970. The van der Waals surface area contributed by atoms with Gasteiger partial charge in [0.15, 0.2) is 11.5 Å². The maximum Gasteiger partial charge on any atom is 0.244 e. The summed E-state index contributed by atoms with van der Waals surface area (Å²) in [5, 5.41) is 2.96.